The number of phenolic OH excluding ortho intramolecular Hbond substituents is 1. The molecular formula is C10H13BrO3. The van der Waals surface area contributed by atoms with Crippen molar-refractivity contribution in [1.82, 2.24) is 0 Å². The van der Waals surface area contributed by atoms with E-state index in [1.165, 1.54) is 7.11 Å². The maximum Gasteiger partial charge on any atom is 0.172 e. The Morgan fingerprint density at radius 1 is 1.50 bits per heavy atom. The van der Waals surface area contributed by atoms with Gasteiger partial charge in [-0.25, -0.2) is 0 Å². The summed E-state index contributed by atoms with van der Waals surface area (Å²) < 4.78 is 5.52. The van der Waals surface area contributed by atoms with Crippen molar-refractivity contribution < 1.29 is 14.9 Å². The van der Waals surface area contributed by atoms with Crippen LogP contribution in [0.2, 0.25) is 0 Å². The van der Waals surface area contributed by atoms with Crippen molar-refractivity contribution in [2.45, 2.75) is 19.4 Å². The number of halogens is 1. The second kappa shape index (κ2) is 4.66. The van der Waals surface area contributed by atoms with E-state index in [9.17, 15) is 10.2 Å². The molecule has 0 amide bonds. The highest BCUT2D eigenvalue weighted by atomic mass is 79.9. The maximum atomic E-state index is 9.64. The van der Waals surface area contributed by atoms with E-state index in [1.807, 2.05) is 6.07 Å². The number of rotatable bonds is 3. The van der Waals surface area contributed by atoms with Crippen LogP contribution in [0.5, 0.6) is 11.5 Å². The molecule has 1 aromatic rings. The Balaban J connectivity index is 3.04. The molecule has 4 heteroatoms. The molecule has 2 N–H and O–H groups in total. The zero-order valence-corrected chi connectivity index (χ0v) is 9.71. The summed E-state index contributed by atoms with van der Waals surface area (Å²) in [6, 6.07) is 3.49. The molecule has 3 nitrogen and oxygen atoms in total. The van der Waals surface area contributed by atoms with E-state index in [1.54, 1.807) is 13.0 Å². The smallest absolute Gasteiger partial charge is 0.172 e. The van der Waals surface area contributed by atoms with Gasteiger partial charge >= 0.3 is 0 Å². The first kappa shape index (κ1) is 11.3. The van der Waals surface area contributed by atoms with Gasteiger partial charge in [0.25, 0.3) is 0 Å². The van der Waals surface area contributed by atoms with Crippen molar-refractivity contribution in [3.05, 3.63) is 22.2 Å². The third-order valence-corrected chi connectivity index (χ3v) is 2.78. The Kier molecular flexibility index (Phi) is 3.77. The molecule has 78 valence electrons. The van der Waals surface area contributed by atoms with Crippen LogP contribution in [0.1, 0.15) is 12.5 Å². The summed E-state index contributed by atoms with van der Waals surface area (Å²) in [6.07, 6.45) is 0.0668. The Morgan fingerprint density at radius 2 is 2.14 bits per heavy atom. The molecule has 0 heterocycles. The number of methoxy groups -OCH3 is 1. The third-order valence-electron chi connectivity index (χ3n) is 1.89. The van der Waals surface area contributed by atoms with Crippen molar-refractivity contribution in [3.8, 4) is 11.5 Å². The topological polar surface area (TPSA) is 49.7 Å². The molecule has 0 unspecified atom stereocenters. The predicted molar refractivity (Wildman–Crippen MR) is 57.7 cm³/mol. The average molecular weight is 261 g/mol. The van der Waals surface area contributed by atoms with Gasteiger partial charge in [-0.2, -0.15) is 0 Å². The summed E-state index contributed by atoms with van der Waals surface area (Å²) in [5, 5.41) is 18.9. The van der Waals surface area contributed by atoms with Gasteiger partial charge in [0.1, 0.15) is 0 Å². The lowest BCUT2D eigenvalue weighted by molar-refractivity contribution is 0.195. The van der Waals surface area contributed by atoms with Crippen LogP contribution in [0, 0.1) is 0 Å². The lowest BCUT2D eigenvalue weighted by Crippen LogP contribution is -2.04. The van der Waals surface area contributed by atoms with Crippen molar-refractivity contribution in [2.24, 2.45) is 0 Å². The van der Waals surface area contributed by atoms with Crippen LogP contribution < -0.4 is 4.74 Å². The van der Waals surface area contributed by atoms with E-state index in [-0.39, 0.29) is 5.75 Å². The van der Waals surface area contributed by atoms with Gasteiger partial charge in [-0.3, -0.25) is 0 Å². The second-order valence-electron chi connectivity index (χ2n) is 3.14. The molecule has 0 saturated carbocycles. The normalized spacial score (nSPS) is 12.6. The lowest BCUT2D eigenvalue weighted by Gasteiger charge is -2.10. The Bertz CT molecular complexity index is 323. The number of aromatic hydroxyl groups is 1. The Labute approximate surface area is 91.5 Å². The molecule has 0 aliphatic carbocycles. The minimum Gasteiger partial charge on any atom is -0.503 e. The summed E-state index contributed by atoms with van der Waals surface area (Å²) in [5.41, 5.74) is 0.860. The van der Waals surface area contributed by atoms with Gasteiger partial charge in [0.05, 0.1) is 17.7 Å². The number of ether oxygens (including phenoxy) is 1. The lowest BCUT2D eigenvalue weighted by atomic mass is 10.1. The van der Waals surface area contributed by atoms with Crippen LogP contribution in [-0.4, -0.2) is 23.4 Å². The molecule has 1 atom stereocenters. The summed E-state index contributed by atoms with van der Waals surface area (Å²) in [7, 11) is 1.50. The van der Waals surface area contributed by atoms with Crippen LogP contribution in [0.25, 0.3) is 0 Å². The van der Waals surface area contributed by atoms with Gasteiger partial charge < -0.3 is 14.9 Å². The third kappa shape index (κ3) is 2.39. The highest BCUT2D eigenvalue weighted by molar-refractivity contribution is 9.10. The van der Waals surface area contributed by atoms with Gasteiger partial charge in [0, 0.05) is 0 Å². The molecule has 0 bridgehead atoms. The number of aliphatic hydroxyl groups excluding tert-OH is 1. The highest BCUT2D eigenvalue weighted by Crippen LogP contribution is 2.36. The fourth-order valence-corrected chi connectivity index (χ4v) is 1.72. The van der Waals surface area contributed by atoms with Gasteiger partial charge in [-0.15, -0.1) is 0 Å². The Morgan fingerprint density at radius 3 is 2.64 bits per heavy atom. The van der Waals surface area contributed by atoms with E-state index in [0.717, 1.165) is 5.56 Å². The van der Waals surface area contributed by atoms with E-state index >= 15 is 0 Å². The molecule has 0 radical (unpaired) electrons. The molecular weight excluding hydrogens is 248 g/mol. The number of phenols is 1. The van der Waals surface area contributed by atoms with Gasteiger partial charge in [-0.05, 0) is 40.9 Å². The first-order valence-electron chi connectivity index (χ1n) is 4.28. The SMILES string of the molecule is COc1ccc(C[C@H](C)O)c(Br)c1O. The van der Waals surface area contributed by atoms with E-state index in [4.69, 9.17) is 4.74 Å². The van der Waals surface area contributed by atoms with Crippen LogP contribution in [0.3, 0.4) is 0 Å². The molecule has 0 spiro atoms. The van der Waals surface area contributed by atoms with E-state index in [2.05, 4.69) is 15.9 Å². The summed E-state index contributed by atoms with van der Waals surface area (Å²) in [5.74, 6) is 0.497. The predicted octanol–water partition coefficient (Wildman–Crippen LogP) is 2.09. The summed E-state index contributed by atoms with van der Waals surface area (Å²) >= 11 is 3.26. The fraction of sp³-hybridized carbons (Fsp3) is 0.400. The van der Waals surface area contributed by atoms with Crippen molar-refractivity contribution in [3.63, 3.8) is 0 Å². The standard InChI is InChI=1S/C10H13BrO3/c1-6(12)5-7-3-4-8(14-2)10(13)9(7)11/h3-4,6,12-13H,5H2,1-2H3/t6-/m0/s1. The fourth-order valence-electron chi connectivity index (χ4n) is 1.23. The first-order valence-corrected chi connectivity index (χ1v) is 5.08. The molecule has 1 aromatic carbocycles. The molecule has 0 saturated heterocycles. The quantitative estimate of drug-likeness (QED) is 0.875. The van der Waals surface area contributed by atoms with Crippen LogP contribution in [0.4, 0.5) is 0 Å². The number of hydrogen-bond acceptors (Lipinski definition) is 3. The van der Waals surface area contributed by atoms with Gasteiger partial charge in [-0.1, -0.05) is 6.07 Å². The largest absolute Gasteiger partial charge is 0.503 e. The van der Waals surface area contributed by atoms with Crippen LogP contribution >= 0.6 is 15.9 Å². The summed E-state index contributed by atoms with van der Waals surface area (Å²) in [6.45, 7) is 1.70. The summed E-state index contributed by atoms with van der Waals surface area (Å²) in [4.78, 5) is 0. The monoisotopic (exact) mass is 260 g/mol. The maximum absolute atomic E-state index is 9.64. The van der Waals surface area contributed by atoms with E-state index < -0.39 is 6.10 Å². The van der Waals surface area contributed by atoms with Crippen molar-refractivity contribution in [2.75, 3.05) is 7.11 Å². The van der Waals surface area contributed by atoms with Crippen molar-refractivity contribution in [1.29, 1.82) is 0 Å². The second-order valence-corrected chi connectivity index (χ2v) is 3.94. The zero-order chi connectivity index (χ0) is 10.7. The average Bonchev–Trinajstić information content (AvgIpc) is 2.13. The minimum atomic E-state index is -0.431. The molecule has 0 fully saturated rings. The zero-order valence-electron chi connectivity index (χ0n) is 8.12. The van der Waals surface area contributed by atoms with Gasteiger partial charge in [0.2, 0.25) is 0 Å². The molecule has 0 aliphatic heterocycles. The molecule has 1 rings (SSSR count). The van der Waals surface area contributed by atoms with Gasteiger partial charge in [0.15, 0.2) is 11.5 Å². The Hall–Kier alpha value is -0.740. The number of aliphatic hydroxyl groups is 1. The first-order chi connectivity index (χ1) is 6.56. The molecule has 0 aliphatic rings. The van der Waals surface area contributed by atoms with E-state index in [0.29, 0.717) is 16.6 Å². The minimum absolute atomic E-state index is 0.0747. The number of benzene rings is 1. The van der Waals surface area contributed by atoms with Crippen molar-refractivity contribution >= 4 is 15.9 Å². The molecule has 14 heavy (non-hydrogen) atoms. The molecule has 0 aromatic heterocycles. The van der Waals surface area contributed by atoms with Crippen LogP contribution in [0.15, 0.2) is 16.6 Å². The van der Waals surface area contributed by atoms with Crippen LogP contribution in [-0.2, 0) is 6.42 Å². The highest BCUT2D eigenvalue weighted by Gasteiger charge is 2.11. The number of hydrogen-bond donors (Lipinski definition) is 2.